The van der Waals surface area contributed by atoms with Crippen molar-refractivity contribution in [2.24, 2.45) is 4.99 Å². The third kappa shape index (κ3) is 4.53. The Labute approximate surface area is 145 Å². The fourth-order valence-corrected chi connectivity index (χ4v) is 2.36. The molecule has 0 bridgehead atoms. The molecule has 0 saturated heterocycles. The van der Waals surface area contributed by atoms with E-state index in [1.54, 1.807) is 30.9 Å². The van der Waals surface area contributed by atoms with E-state index in [1.807, 2.05) is 12.1 Å². The van der Waals surface area contributed by atoms with Gasteiger partial charge in [0.1, 0.15) is 5.82 Å². The van der Waals surface area contributed by atoms with Gasteiger partial charge in [-0.25, -0.2) is 9.07 Å². The predicted molar refractivity (Wildman–Crippen MR) is 94.7 cm³/mol. The van der Waals surface area contributed by atoms with Gasteiger partial charge in [-0.15, -0.1) is 0 Å². The summed E-state index contributed by atoms with van der Waals surface area (Å²) in [7, 11) is 0. The Morgan fingerprint density at radius 3 is 2.96 bits per heavy atom. The van der Waals surface area contributed by atoms with Gasteiger partial charge in [-0.3, -0.25) is 4.99 Å². The van der Waals surface area contributed by atoms with Crippen LogP contribution in [-0.2, 0) is 0 Å². The lowest BCUT2D eigenvalue weighted by Crippen LogP contribution is -1.96. The van der Waals surface area contributed by atoms with Gasteiger partial charge in [-0.2, -0.15) is 10.4 Å². The smallest absolute Gasteiger partial charge is 0.126 e. The highest BCUT2D eigenvalue weighted by Crippen LogP contribution is 2.14. The number of aromatic nitrogens is 2. The van der Waals surface area contributed by atoms with Gasteiger partial charge >= 0.3 is 0 Å². The molecule has 0 atom stereocenters. The van der Waals surface area contributed by atoms with Crippen LogP contribution in [0.15, 0.2) is 59.5 Å². The number of halogens is 1. The molecule has 2 aromatic rings. The lowest BCUT2D eigenvalue weighted by atomic mass is 10.1. The quantitative estimate of drug-likeness (QED) is 0.744. The van der Waals surface area contributed by atoms with Crippen LogP contribution in [0.3, 0.4) is 0 Å². The van der Waals surface area contributed by atoms with Crippen molar-refractivity contribution in [2.45, 2.75) is 19.3 Å². The predicted octanol–water partition coefficient (Wildman–Crippen LogP) is 3.93. The molecule has 2 heterocycles. The lowest BCUT2D eigenvalue weighted by Gasteiger charge is -2.01. The first-order valence-corrected chi connectivity index (χ1v) is 7.90. The number of allylic oxidation sites excluding steroid dienone is 3. The highest BCUT2D eigenvalue weighted by Gasteiger charge is 2.04. The summed E-state index contributed by atoms with van der Waals surface area (Å²) in [5, 5.41) is 13.1. The minimum absolute atomic E-state index is 0.250. The van der Waals surface area contributed by atoms with Crippen LogP contribution in [0.1, 0.15) is 30.4 Å². The Morgan fingerprint density at radius 1 is 1.16 bits per heavy atom. The van der Waals surface area contributed by atoms with Gasteiger partial charge in [0.15, 0.2) is 0 Å². The molecule has 1 aromatic heterocycles. The van der Waals surface area contributed by atoms with Gasteiger partial charge in [-0.1, -0.05) is 17.9 Å². The summed E-state index contributed by atoms with van der Waals surface area (Å²) in [6.45, 7) is 0. The van der Waals surface area contributed by atoms with Gasteiger partial charge in [0.2, 0.25) is 0 Å². The van der Waals surface area contributed by atoms with Crippen molar-refractivity contribution < 1.29 is 4.39 Å². The Kier molecular flexibility index (Phi) is 5.19. The van der Waals surface area contributed by atoms with Crippen molar-refractivity contribution in [3.05, 3.63) is 71.5 Å². The van der Waals surface area contributed by atoms with Crippen molar-refractivity contribution in [3.8, 4) is 23.6 Å². The highest BCUT2D eigenvalue weighted by molar-refractivity contribution is 5.71. The third-order valence-electron chi connectivity index (χ3n) is 3.58. The summed E-state index contributed by atoms with van der Waals surface area (Å²) in [6, 6.07) is 6.03. The first-order chi connectivity index (χ1) is 12.2. The number of nitriles is 1. The van der Waals surface area contributed by atoms with Crippen molar-refractivity contribution in [1.82, 2.24) is 9.78 Å². The average Bonchev–Trinajstić information content (AvgIpc) is 3.13. The second-order valence-electron chi connectivity index (χ2n) is 5.51. The Morgan fingerprint density at radius 2 is 2.08 bits per heavy atom. The summed E-state index contributed by atoms with van der Waals surface area (Å²) in [5.41, 5.74) is 2.41. The monoisotopic (exact) mass is 330 g/mol. The molecular formula is C20H15FN4. The van der Waals surface area contributed by atoms with E-state index < -0.39 is 5.82 Å². The van der Waals surface area contributed by atoms with E-state index in [0.717, 1.165) is 24.8 Å². The summed E-state index contributed by atoms with van der Waals surface area (Å²) in [5.74, 6) is 5.71. The van der Waals surface area contributed by atoms with Gasteiger partial charge in [0.05, 0.1) is 29.1 Å². The fourth-order valence-electron chi connectivity index (χ4n) is 2.36. The van der Waals surface area contributed by atoms with Crippen molar-refractivity contribution in [1.29, 1.82) is 5.26 Å². The van der Waals surface area contributed by atoms with Crippen LogP contribution in [0.25, 0.3) is 5.69 Å². The second-order valence-corrected chi connectivity index (χ2v) is 5.51. The maximum atomic E-state index is 13.6. The number of aliphatic imine (C=N–C) groups is 1. The Balaban J connectivity index is 1.82. The van der Waals surface area contributed by atoms with Gasteiger partial charge < -0.3 is 0 Å². The maximum Gasteiger partial charge on any atom is 0.126 e. The summed E-state index contributed by atoms with van der Waals surface area (Å²) in [4.78, 5) is 4.20. The lowest BCUT2D eigenvalue weighted by molar-refractivity contribution is 0.625. The minimum Gasteiger partial charge on any atom is -0.264 e. The van der Waals surface area contributed by atoms with Gasteiger partial charge in [-0.05, 0) is 43.5 Å². The van der Waals surface area contributed by atoms with Crippen LogP contribution in [0, 0.1) is 29.0 Å². The van der Waals surface area contributed by atoms with Crippen molar-refractivity contribution in [3.63, 3.8) is 0 Å². The van der Waals surface area contributed by atoms with E-state index in [9.17, 15) is 4.39 Å². The number of nitrogens with zero attached hydrogens (tertiary/aromatic N) is 4. The van der Waals surface area contributed by atoms with Crippen molar-refractivity contribution in [2.75, 3.05) is 0 Å². The van der Waals surface area contributed by atoms with Crippen LogP contribution in [0.2, 0.25) is 0 Å². The normalized spacial score (nSPS) is 18.3. The highest BCUT2D eigenvalue weighted by atomic mass is 19.1. The number of hydrogen-bond donors (Lipinski definition) is 0. The standard InChI is InChI=1S/C20H15FN4/c21-19-9-18(12-22)10-20(11-19)25-15-17(14-24-25)7-6-16-5-3-1-2-4-8-23-13-16/h2,4,8-11,13-15H,1,3,5H2/b4-2-,16-13+,23-8-. The second kappa shape index (κ2) is 7.90. The molecule has 0 N–H and O–H groups in total. The topological polar surface area (TPSA) is 54.0 Å². The molecule has 4 nitrogen and oxygen atoms in total. The molecule has 0 amide bonds. The largest absolute Gasteiger partial charge is 0.264 e. The molecule has 0 spiro atoms. The third-order valence-corrected chi connectivity index (χ3v) is 3.58. The SMILES string of the molecule is N#Cc1cc(F)cc(-n2cc(C#C/C3=C/N=C\C=C/CCC3)cn2)c1. The molecule has 122 valence electrons. The number of rotatable bonds is 1. The van der Waals surface area contributed by atoms with Crippen LogP contribution in [0.5, 0.6) is 0 Å². The zero-order chi connectivity index (χ0) is 17.5. The molecule has 0 saturated carbocycles. The molecule has 1 aliphatic heterocycles. The molecule has 0 aliphatic carbocycles. The average molecular weight is 330 g/mol. The zero-order valence-electron chi connectivity index (χ0n) is 13.5. The molecule has 5 heteroatoms. The van der Waals surface area contributed by atoms with E-state index in [4.69, 9.17) is 5.26 Å². The fraction of sp³-hybridized carbons (Fsp3) is 0.150. The van der Waals surface area contributed by atoms with E-state index >= 15 is 0 Å². The van der Waals surface area contributed by atoms with E-state index in [0.29, 0.717) is 11.3 Å². The number of benzene rings is 1. The molecule has 0 fully saturated rings. The van der Waals surface area contributed by atoms with E-state index in [-0.39, 0.29) is 5.56 Å². The van der Waals surface area contributed by atoms with Crippen LogP contribution in [0.4, 0.5) is 4.39 Å². The van der Waals surface area contributed by atoms with Crippen LogP contribution < -0.4 is 0 Å². The van der Waals surface area contributed by atoms with Crippen molar-refractivity contribution >= 4 is 6.21 Å². The molecular weight excluding hydrogens is 315 g/mol. The minimum atomic E-state index is -0.473. The Hall–Kier alpha value is -3.44. The van der Waals surface area contributed by atoms with Crippen LogP contribution >= 0.6 is 0 Å². The zero-order valence-corrected chi connectivity index (χ0v) is 13.5. The molecule has 3 rings (SSSR count). The van der Waals surface area contributed by atoms with E-state index in [1.165, 1.54) is 16.8 Å². The first kappa shape index (κ1) is 16.4. The van der Waals surface area contributed by atoms with Gasteiger partial charge in [0.25, 0.3) is 0 Å². The summed E-state index contributed by atoms with van der Waals surface area (Å²) >= 11 is 0. The molecule has 25 heavy (non-hydrogen) atoms. The Bertz CT molecular complexity index is 962. The van der Waals surface area contributed by atoms with Gasteiger partial charge in [0, 0.05) is 24.2 Å². The number of hydrogen-bond acceptors (Lipinski definition) is 3. The summed E-state index contributed by atoms with van der Waals surface area (Å²) in [6.07, 6.45) is 13.8. The molecule has 0 unspecified atom stereocenters. The van der Waals surface area contributed by atoms with E-state index in [2.05, 4.69) is 28.0 Å². The maximum absolute atomic E-state index is 13.6. The first-order valence-electron chi connectivity index (χ1n) is 7.90. The molecule has 0 radical (unpaired) electrons. The molecule has 1 aromatic carbocycles. The summed E-state index contributed by atoms with van der Waals surface area (Å²) < 4.78 is 15.1. The van der Waals surface area contributed by atoms with Crippen LogP contribution in [-0.4, -0.2) is 16.0 Å². The molecule has 1 aliphatic rings.